The van der Waals surface area contributed by atoms with Crippen LogP contribution in [0.15, 0.2) is 42.7 Å². The van der Waals surface area contributed by atoms with E-state index >= 15 is 0 Å². The Labute approximate surface area is 133 Å². The van der Waals surface area contributed by atoms with Crippen LogP contribution in [-0.2, 0) is 5.72 Å². The number of methoxy groups -OCH3 is 1. The van der Waals surface area contributed by atoms with Gasteiger partial charge in [0, 0.05) is 24.0 Å². The van der Waals surface area contributed by atoms with Gasteiger partial charge in [-0.2, -0.15) is 5.26 Å². The van der Waals surface area contributed by atoms with Crippen LogP contribution in [0.5, 0.6) is 5.75 Å². The molecule has 1 heterocycles. The van der Waals surface area contributed by atoms with Crippen molar-refractivity contribution in [3.8, 4) is 11.8 Å². The summed E-state index contributed by atoms with van der Waals surface area (Å²) in [5, 5.41) is 19.6. The third kappa shape index (κ3) is 3.81. The van der Waals surface area contributed by atoms with E-state index in [1.807, 2.05) is 0 Å². The summed E-state index contributed by atoms with van der Waals surface area (Å²) in [6.07, 6.45) is 2.95. The Hall–Kier alpha value is -2.53. The van der Waals surface area contributed by atoms with Gasteiger partial charge in [0.2, 0.25) is 5.72 Å². The third-order valence-corrected chi connectivity index (χ3v) is 3.41. The van der Waals surface area contributed by atoms with Crippen molar-refractivity contribution < 1.29 is 14.2 Å². The second kappa shape index (κ2) is 7.15. The number of halogens is 1. The highest BCUT2D eigenvalue weighted by atomic mass is 19.1. The number of hydrogen-bond donors (Lipinski definition) is 3. The molecule has 0 aliphatic rings. The first-order valence-corrected chi connectivity index (χ1v) is 6.90. The lowest BCUT2D eigenvalue weighted by Gasteiger charge is -2.25. The molecular weight excluding hydrogens is 299 g/mol. The van der Waals surface area contributed by atoms with Gasteiger partial charge >= 0.3 is 0 Å². The number of benzene rings is 1. The van der Waals surface area contributed by atoms with Crippen molar-refractivity contribution in [2.24, 2.45) is 0 Å². The first-order chi connectivity index (χ1) is 11.0. The summed E-state index contributed by atoms with van der Waals surface area (Å²) in [6.45, 7) is 1.76. The van der Waals surface area contributed by atoms with Crippen molar-refractivity contribution in [3.05, 3.63) is 59.7 Å². The van der Waals surface area contributed by atoms with Crippen molar-refractivity contribution in [3.63, 3.8) is 0 Å². The summed E-state index contributed by atoms with van der Waals surface area (Å²) in [5.41, 5.74) is 4.42. The van der Waals surface area contributed by atoms with Crippen LogP contribution in [0, 0.1) is 17.1 Å². The lowest BCUT2D eigenvalue weighted by atomic mass is 10.1. The first kappa shape index (κ1) is 16.8. The molecule has 1 aromatic heterocycles. The van der Waals surface area contributed by atoms with Gasteiger partial charge < -0.3 is 9.84 Å². The number of ether oxygens (including phenoxy) is 1. The molecule has 0 spiro atoms. The average molecular weight is 316 g/mol. The Morgan fingerprint density at radius 2 is 2.04 bits per heavy atom. The molecule has 7 heteroatoms. The number of hydrogen-bond acceptors (Lipinski definition) is 6. The van der Waals surface area contributed by atoms with E-state index < -0.39 is 11.5 Å². The first-order valence-electron chi connectivity index (χ1n) is 6.90. The molecule has 120 valence electrons. The average Bonchev–Trinajstić information content (AvgIpc) is 2.60. The van der Waals surface area contributed by atoms with Crippen molar-refractivity contribution in [2.75, 3.05) is 7.11 Å². The van der Waals surface area contributed by atoms with Crippen LogP contribution in [0.3, 0.4) is 0 Å². The van der Waals surface area contributed by atoms with Gasteiger partial charge in [-0.25, -0.2) is 15.2 Å². The van der Waals surface area contributed by atoms with E-state index in [0.717, 1.165) is 0 Å². The Morgan fingerprint density at radius 3 is 2.61 bits per heavy atom. The number of nitriles is 1. The monoisotopic (exact) mass is 316 g/mol. The minimum Gasteiger partial charge on any atom is -0.494 e. The molecule has 2 atom stereocenters. The second-order valence-corrected chi connectivity index (χ2v) is 4.94. The van der Waals surface area contributed by atoms with Crippen LogP contribution in [0.2, 0.25) is 0 Å². The fraction of sp³-hybridized carbons (Fsp3) is 0.250. The predicted octanol–water partition coefficient (Wildman–Crippen LogP) is 1.75. The summed E-state index contributed by atoms with van der Waals surface area (Å²) in [6, 6.07) is 9.01. The number of nitrogens with zero attached hydrogens (tertiary/aromatic N) is 2. The Balaban J connectivity index is 2.10. The molecule has 23 heavy (non-hydrogen) atoms. The highest BCUT2D eigenvalue weighted by Crippen LogP contribution is 2.22. The van der Waals surface area contributed by atoms with Gasteiger partial charge in [0.25, 0.3) is 0 Å². The Kier molecular flexibility index (Phi) is 5.24. The molecule has 0 aliphatic heterocycles. The molecular formula is C16H17FN4O2. The molecule has 6 nitrogen and oxygen atoms in total. The van der Waals surface area contributed by atoms with Crippen LogP contribution in [0.1, 0.15) is 24.1 Å². The Morgan fingerprint density at radius 1 is 1.35 bits per heavy atom. The van der Waals surface area contributed by atoms with Crippen LogP contribution in [0.4, 0.5) is 4.39 Å². The summed E-state index contributed by atoms with van der Waals surface area (Å²) in [7, 11) is 1.39. The van der Waals surface area contributed by atoms with Crippen molar-refractivity contribution >= 4 is 0 Å². The fourth-order valence-corrected chi connectivity index (χ4v) is 2.01. The molecule has 0 amide bonds. The van der Waals surface area contributed by atoms with E-state index in [2.05, 4.69) is 15.8 Å². The summed E-state index contributed by atoms with van der Waals surface area (Å²) < 4.78 is 18.6. The highest BCUT2D eigenvalue weighted by Gasteiger charge is 2.29. The standard InChI is InChI=1S/C16H17FN4O2/c1-11(12-3-4-15(23-2)14(17)9-12)20-21-16(22,10-18)13-5-7-19-8-6-13/h3-9,11,20-22H,1-2H3. The summed E-state index contributed by atoms with van der Waals surface area (Å²) >= 11 is 0. The van der Waals surface area contributed by atoms with Gasteiger partial charge in [-0.3, -0.25) is 4.98 Å². The molecule has 1 aromatic carbocycles. The van der Waals surface area contributed by atoms with Crippen molar-refractivity contribution in [1.82, 2.24) is 15.8 Å². The molecule has 0 aliphatic carbocycles. The summed E-state index contributed by atoms with van der Waals surface area (Å²) in [5.74, 6) is -0.331. The zero-order valence-electron chi connectivity index (χ0n) is 12.7. The van der Waals surface area contributed by atoms with Crippen LogP contribution < -0.4 is 15.6 Å². The van der Waals surface area contributed by atoms with Crippen LogP contribution in [-0.4, -0.2) is 17.2 Å². The third-order valence-electron chi connectivity index (χ3n) is 3.41. The number of aliphatic hydroxyl groups is 1. The minimum atomic E-state index is -1.93. The molecule has 2 rings (SSSR count). The van der Waals surface area contributed by atoms with Gasteiger partial charge in [-0.05, 0) is 36.8 Å². The molecule has 2 aromatic rings. The van der Waals surface area contributed by atoms with Gasteiger partial charge in [-0.1, -0.05) is 6.07 Å². The molecule has 0 fully saturated rings. The maximum absolute atomic E-state index is 13.7. The van der Waals surface area contributed by atoms with Gasteiger partial charge in [0.15, 0.2) is 11.6 Å². The maximum Gasteiger partial charge on any atom is 0.244 e. The van der Waals surface area contributed by atoms with Gasteiger partial charge in [-0.15, -0.1) is 0 Å². The number of hydrazine groups is 1. The van der Waals surface area contributed by atoms with Crippen molar-refractivity contribution in [2.45, 2.75) is 18.7 Å². The minimum absolute atomic E-state index is 0.152. The molecule has 2 unspecified atom stereocenters. The smallest absolute Gasteiger partial charge is 0.244 e. The van der Waals surface area contributed by atoms with Crippen LogP contribution >= 0.6 is 0 Å². The quantitative estimate of drug-likeness (QED) is 0.427. The van der Waals surface area contributed by atoms with Crippen LogP contribution in [0.25, 0.3) is 0 Å². The second-order valence-electron chi connectivity index (χ2n) is 4.94. The molecule has 3 N–H and O–H groups in total. The fourth-order valence-electron chi connectivity index (χ4n) is 2.01. The topological polar surface area (TPSA) is 90.2 Å². The highest BCUT2D eigenvalue weighted by molar-refractivity contribution is 5.31. The molecule has 0 bridgehead atoms. The van der Waals surface area contributed by atoms with Gasteiger partial charge in [0.1, 0.15) is 6.07 Å². The van der Waals surface area contributed by atoms with Gasteiger partial charge in [0.05, 0.1) is 7.11 Å². The SMILES string of the molecule is COc1ccc(C(C)NNC(O)(C#N)c2ccncc2)cc1F. The number of rotatable bonds is 6. The Bertz CT molecular complexity index is 705. The largest absolute Gasteiger partial charge is 0.494 e. The zero-order chi connectivity index (χ0) is 16.9. The van der Waals surface area contributed by atoms with E-state index in [1.165, 1.54) is 43.8 Å². The number of nitrogens with one attached hydrogen (secondary N) is 2. The normalized spacial score (nSPS) is 14.6. The molecule has 0 radical (unpaired) electrons. The lowest BCUT2D eigenvalue weighted by Crippen LogP contribution is -2.49. The van der Waals surface area contributed by atoms with Crippen molar-refractivity contribution in [1.29, 1.82) is 5.26 Å². The van der Waals surface area contributed by atoms with E-state index in [9.17, 15) is 14.8 Å². The van der Waals surface area contributed by atoms with E-state index in [-0.39, 0.29) is 11.8 Å². The van der Waals surface area contributed by atoms with E-state index in [4.69, 9.17) is 4.74 Å². The maximum atomic E-state index is 13.7. The molecule has 0 saturated heterocycles. The predicted molar refractivity (Wildman–Crippen MR) is 81.4 cm³/mol. The van der Waals surface area contributed by atoms with E-state index in [0.29, 0.717) is 11.1 Å². The summed E-state index contributed by atoms with van der Waals surface area (Å²) in [4.78, 5) is 3.84. The lowest BCUT2D eigenvalue weighted by molar-refractivity contribution is 0.0381. The zero-order valence-corrected chi connectivity index (χ0v) is 12.7. The van der Waals surface area contributed by atoms with E-state index in [1.54, 1.807) is 19.1 Å². The number of pyridine rings is 1. The number of aromatic nitrogens is 1. The molecule has 0 saturated carbocycles.